The Hall–Kier alpha value is -1.11. The van der Waals surface area contributed by atoms with Crippen molar-refractivity contribution in [2.24, 2.45) is 5.73 Å². The largest absolute Gasteiger partial charge is 0.383 e. The highest BCUT2D eigenvalue weighted by atomic mass is 32.2. The van der Waals surface area contributed by atoms with Crippen LogP contribution in [0.2, 0.25) is 0 Å². The molecule has 1 aromatic rings. The first-order valence-electron chi connectivity index (χ1n) is 6.32. The Kier molecular flexibility index (Phi) is 6.27. The molecule has 1 rings (SSSR count). The maximum Gasteiger partial charge on any atom is 0.180 e. The first-order valence-corrected chi connectivity index (χ1v) is 7.97. The third-order valence-electron chi connectivity index (χ3n) is 2.71. The lowest BCUT2D eigenvalue weighted by molar-refractivity contribution is 0.187. The molecule has 0 amide bonds. The zero-order valence-electron chi connectivity index (χ0n) is 11.4. The number of methoxy groups -OCH3 is 1. The van der Waals surface area contributed by atoms with Crippen LogP contribution in [0.4, 0.5) is 5.69 Å². The highest BCUT2D eigenvalue weighted by molar-refractivity contribution is 7.91. The van der Waals surface area contributed by atoms with E-state index in [0.717, 1.165) is 0 Å². The van der Waals surface area contributed by atoms with Crippen molar-refractivity contribution < 1.29 is 13.2 Å². The molecule has 0 fully saturated rings. The molecule has 0 saturated carbocycles. The van der Waals surface area contributed by atoms with E-state index in [0.29, 0.717) is 30.2 Å². The van der Waals surface area contributed by atoms with Crippen molar-refractivity contribution in [3.05, 3.63) is 24.3 Å². The molecule has 6 heteroatoms. The number of rotatable bonds is 8. The minimum atomic E-state index is -3.25. The molecule has 0 heterocycles. The quantitative estimate of drug-likeness (QED) is 0.752. The van der Waals surface area contributed by atoms with Crippen LogP contribution in [-0.2, 0) is 14.6 Å². The van der Waals surface area contributed by atoms with Crippen LogP contribution >= 0.6 is 0 Å². The Morgan fingerprint density at radius 1 is 1.37 bits per heavy atom. The van der Waals surface area contributed by atoms with E-state index in [4.69, 9.17) is 10.5 Å². The number of nitrogens with one attached hydrogen (secondary N) is 1. The molecule has 5 nitrogen and oxygen atoms in total. The highest BCUT2D eigenvalue weighted by Gasteiger charge is 2.18. The molecule has 108 valence electrons. The summed E-state index contributed by atoms with van der Waals surface area (Å²) in [4.78, 5) is 0.325. The average Bonchev–Trinajstić information content (AvgIpc) is 2.38. The fourth-order valence-electron chi connectivity index (χ4n) is 1.83. The van der Waals surface area contributed by atoms with Crippen LogP contribution in [0, 0.1) is 0 Å². The molecule has 0 aliphatic heterocycles. The standard InChI is InChI=1S/C13H22N2O3S/c1-3-8-19(16,17)13-7-5-4-6-12(13)15-11(9-14)10-18-2/h4-7,11,15H,3,8-10,14H2,1-2H3. The smallest absolute Gasteiger partial charge is 0.180 e. The summed E-state index contributed by atoms with van der Waals surface area (Å²) in [7, 11) is -1.67. The summed E-state index contributed by atoms with van der Waals surface area (Å²) in [5.41, 5.74) is 6.22. The van der Waals surface area contributed by atoms with Gasteiger partial charge in [0.2, 0.25) is 0 Å². The van der Waals surface area contributed by atoms with E-state index in [2.05, 4.69) is 5.32 Å². The number of anilines is 1. The second kappa shape index (κ2) is 7.47. The molecule has 0 radical (unpaired) electrons. The van der Waals surface area contributed by atoms with Gasteiger partial charge in [0.05, 0.1) is 29.0 Å². The summed E-state index contributed by atoms with van der Waals surface area (Å²) < 4.78 is 29.4. The molecule has 0 bridgehead atoms. The molecule has 0 saturated heterocycles. The first-order chi connectivity index (χ1) is 9.05. The normalized spacial score (nSPS) is 13.2. The molecular formula is C13H22N2O3S. The van der Waals surface area contributed by atoms with E-state index in [1.54, 1.807) is 31.4 Å². The molecule has 1 atom stereocenters. The van der Waals surface area contributed by atoms with Gasteiger partial charge in [0.15, 0.2) is 9.84 Å². The fourth-order valence-corrected chi connectivity index (χ4v) is 3.33. The molecule has 1 aromatic carbocycles. The van der Waals surface area contributed by atoms with Gasteiger partial charge in [0, 0.05) is 13.7 Å². The van der Waals surface area contributed by atoms with Gasteiger partial charge in [-0.2, -0.15) is 0 Å². The average molecular weight is 286 g/mol. The van der Waals surface area contributed by atoms with Crippen LogP contribution in [-0.4, -0.2) is 40.5 Å². The third-order valence-corrected chi connectivity index (χ3v) is 4.68. The number of para-hydroxylation sites is 1. The number of ether oxygens (including phenoxy) is 1. The lowest BCUT2D eigenvalue weighted by Crippen LogP contribution is -2.33. The monoisotopic (exact) mass is 286 g/mol. The number of benzene rings is 1. The minimum Gasteiger partial charge on any atom is -0.383 e. The van der Waals surface area contributed by atoms with Crippen LogP contribution in [0.1, 0.15) is 13.3 Å². The minimum absolute atomic E-state index is 0.108. The maximum atomic E-state index is 12.2. The summed E-state index contributed by atoms with van der Waals surface area (Å²) in [5, 5.41) is 3.13. The fraction of sp³-hybridized carbons (Fsp3) is 0.538. The molecule has 1 unspecified atom stereocenters. The zero-order valence-corrected chi connectivity index (χ0v) is 12.2. The maximum absolute atomic E-state index is 12.2. The van der Waals surface area contributed by atoms with Crippen molar-refractivity contribution in [1.82, 2.24) is 0 Å². The van der Waals surface area contributed by atoms with Gasteiger partial charge >= 0.3 is 0 Å². The van der Waals surface area contributed by atoms with Crippen LogP contribution in [0.25, 0.3) is 0 Å². The number of nitrogens with two attached hydrogens (primary N) is 1. The van der Waals surface area contributed by atoms with E-state index in [9.17, 15) is 8.42 Å². The van der Waals surface area contributed by atoms with Crippen molar-refractivity contribution in [2.75, 3.05) is 31.3 Å². The van der Waals surface area contributed by atoms with Crippen molar-refractivity contribution in [1.29, 1.82) is 0 Å². The zero-order chi connectivity index (χ0) is 14.3. The van der Waals surface area contributed by atoms with Gasteiger partial charge in [-0.3, -0.25) is 0 Å². The molecule has 3 N–H and O–H groups in total. The topological polar surface area (TPSA) is 81.4 Å². The summed E-state index contributed by atoms with van der Waals surface area (Å²) in [6.45, 7) is 2.65. The van der Waals surface area contributed by atoms with Crippen LogP contribution in [0.3, 0.4) is 0 Å². The van der Waals surface area contributed by atoms with Gasteiger partial charge in [0.1, 0.15) is 0 Å². The van der Waals surface area contributed by atoms with Crippen molar-refractivity contribution >= 4 is 15.5 Å². The number of hydrogen-bond donors (Lipinski definition) is 2. The van der Waals surface area contributed by atoms with Gasteiger partial charge in [0.25, 0.3) is 0 Å². The third kappa shape index (κ3) is 4.49. The van der Waals surface area contributed by atoms with E-state index in [-0.39, 0.29) is 11.8 Å². The van der Waals surface area contributed by atoms with E-state index in [1.165, 1.54) is 0 Å². The van der Waals surface area contributed by atoms with E-state index < -0.39 is 9.84 Å². The molecule has 0 aliphatic rings. The Labute approximate surface area is 115 Å². The predicted octanol–water partition coefficient (Wildman–Crippen LogP) is 1.26. The van der Waals surface area contributed by atoms with E-state index >= 15 is 0 Å². The molecule has 0 aliphatic carbocycles. The van der Waals surface area contributed by atoms with Crippen LogP contribution in [0.5, 0.6) is 0 Å². The summed E-state index contributed by atoms with van der Waals surface area (Å²) >= 11 is 0. The summed E-state index contributed by atoms with van der Waals surface area (Å²) in [6, 6.07) is 6.78. The van der Waals surface area contributed by atoms with Crippen LogP contribution < -0.4 is 11.1 Å². The van der Waals surface area contributed by atoms with Gasteiger partial charge < -0.3 is 15.8 Å². The molecule has 0 spiro atoms. The van der Waals surface area contributed by atoms with Crippen LogP contribution in [0.15, 0.2) is 29.2 Å². The Morgan fingerprint density at radius 2 is 2.05 bits per heavy atom. The Morgan fingerprint density at radius 3 is 2.63 bits per heavy atom. The lowest BCUT2D eigenvalue weighted by Gasteiger charge is -2.19. The first kappa shape index (κ1) is 15.9. The Bertz CT molecular complexity index is 488. The second-order valence-corrected chi connectivity index (χ2v) is 6.42. The highest BCUT2D eigenvalue weighted by Crippen LogP contribution is 2.23. The SMILES string of the molecule is CCCS(=O)(=O)c1ccccc1NC(CN)COC. The van der Waals surface area contributed by atoms with Gasteiger partial charge in [-0.05, 0) is 18.6 Å². The van der Waals surface area contributed by atoms with Crippen molar-refractivity contribution in [3.8, 4) is 0 Å². The molecular weight excluding hydrogens is 264 g/mol. The summed E-state index contributed by atoms with van der Waals surface area (Å²) in [6.07, 6.45) is 0.592. The second-order valence-electron chi connectivity index (χ2n) is 4.35. The van der Waals surface area contributed by atoms with Gasteiger partial charge in [-0.25, -0.2) is 8.42 Å². The number of sulfone groups is 1. The van der Waals surface area contributed by atoms with Crippen molar-refractivity contribution in [3.63, 3.8) is 0 Å². The van der Waals surface area contributed by atoms with Gasteiger partial charge in [-0.1, -0.05) is 19.1 Å². The molecule has 19 heavy (non-hydrogen) atoms. The van der Waals surface area contributed by atoms with E-state index in [1.807, 2.05) is 6.92 Å². The Balaban J connectivity index is 3.02. The lowest BCUT2D eigenvalue weighted by atomic mass is 10.2. The molecule has 0 aromatic heterocycles. The summed E-state index contributed by atoms with van der Waals surface area (Å²) in [5.74, 6) is 0.142. The van der Waals surface area contributed by atoms with Crippen molar-refractivity contribution in [2.45, 2.75) is 24.3 Å². The number of hydrogen-bond acceptors (Lipinski definition) is 5. The predicted molar refractivity (Wildman–Crippen MR) is 77.1 cm³/mol. The van der Waals surface area contributed by atoms with Gasteiger partial charge in [-0.15, -0.1) is 0 Å².